The molecule has 1 fully saturated rings. The summed E-state index contributed by atoms with van der Waals surface area (Å²) in [6.45, 7) is 3.47. The van der Waals surface area contributed by atoms with Crippen LogP contribution in [0.1, 0.15) is 0 Å². The van der Waals surface area contributed by atoms with E-state index in [1.807, 2.05) is 4.90 Å². The number of hydrogen-bond acceptors (Lipinski definition) is 3. The zero-order valence-electron chi connectivity index (χ0n) is 9.67. The van der Waals surface area contributed by atoms with Crippen LogP contribution in [0.4, 0.5) is 15.8 Å². The summed E-state index contributed by atoms with van der Waals surface area (Å²) in [6.07, 6.45) is 0. The van der Waals surface area contributed by atoms with Crippen molar-refractivity contribution in [1.82, 2.24) is 4.90 Å². The van der Waals surface area contributed by atoms with Gasteiger partial charge in [-0.1, -0.05) is 11.2 Å². The predicted octanol–water partition coefficient (Wildman–Crippen LogP) is 2.52. The summed E-state index contributed by atoms with van der Waals surface area (Å²) in [5.74, 6) is -0.473. The SMILES string of the molecule is CN1CCN(c2cccc(F)c2N=[N+]=[N-])CC1. The number of likely N-dealkylation sites (N-methyl/N-ethyl adjacent to an activating group) is 1. The summed E-state index contributed by atoms with van der Waals surface area (Å²) >= 11 is 0. The summed E-state index contributed by atoms with van der Waals surface area (Å²) < 4.78 is 13.6. The van der Waals surface area contributed by atoms with Crippen LogP contribution >= 0.6 is 0 Å². The van der Waals surface area contributed by atoms with E-state index >= 15 is 0 Å². The molecule has 5 nitrogen and oxygen atoms in total. The van der Waals surface area contributed by atoms with Gasteiger partial charge in [0, 0.05) is 36.8 Å². The van der Waals surface area contributed by atoms with Crippen molar-refractivity contribution in [3.63, 3.8) is 0 Å². The van der Waals surface area contributed by atoms with Crippen LogP contribution in [-0.2, 0) is 0 Å². The number of halogens is 1. The highest BCUT2D eigenvalue weighted by atomic mass is 19.1. The minimum atomic E-state index is -0.473. The van der Waals surface area contributed by atoms with Gasteiger partial charge in [-0.2, -0.15) is 0 Å². The Bertz CT molecular complexity index is 447. The second-order valence-corrected chi connectivity index (χ2v) is 4.09. The van der Waals surface area contributed by atoms with E-state index < -0.39 is 5.82 Å². The second kappa shape index (κ2) is 5.03. The highest BCUT2D eigenvalue weighted by Gasteiger charge is 2.18. The lowest BCUT2D eigenvalue weighted by atomic mass is 10.2. The molecule has 0 atom stereocenters. The molecule has 0 amide bonds. The summed E-state index contributed by atoms with van der Waals surface area (Å²) in [6, 6.07) is 4.74. The van der Waals surface area contributed by atoms with Gasteiger partial charge in [0.15, 0.2) is 0 Å². The summed E-state index contributed by atoms with van der Waals surface area (Å²) in [5.41, 5.74) is 9.25. The summed E-state index contributed by atoms with van der Waals surface area (Å²) in [7, 11) is 2.05. The van der Waals surface area contributed by atoms with Crippen molar-refractivity contribution in [2.24, 2.45) is 5.11 Å². The number of benzene rings is 1. The quantitative estimate of drug-likeness (QED) is 0.449. The number of rotatable bonds is 2. The maximum Gasteiger partial charge on any atom is 0.134 e. The molecule has 0 spiro atoms. The fourth-order valence-corrected chi connectivity index (χ4v) is 1.95. The third-order valence-corrected chi connectivity index (χ3v) is 2.95. The van der Waals surface area contributed by atoms with Crippen molar-refractivity contribution in [3.05, 3.63) is 34.5 Å². The molecule has 0 aromatic heterocycles. The van der Waals surface area contributed by atoms with Crippen molar-refractivity contribution in [2.45, 2.75) is 0 Å². The Labute approximate surface area is 99.1 Å². The molecule has 17 heavy (non-hydrogen) atoms. The molecule has 2 rings (SSSR count). The Morgan fingerprint density at radius 1 is 1.29 bits per heavy atom. The average molecular weight is 235 g/mol. The van der Waals surface area contributed by atoms with E-state index in [0.717, 1.165) is 26.2 Å². The fourth-order valence-electron chi connectivity index (χ4n) is 1.95. The van der Waals surface area contributed by atoms with E-state index in [1.165, 1.54) is 6.07 Å². The topological polar surface area (TPSA) is 55.2 Å². The maximum atomic E-state index is 13.6. The van der Waals surface area contributed by atoms with E-state index in [2.05, 4.69) is 22.0 Å². The lowest BCUT2D eigenvalue weighted by Crippen LogP contribution is -2.44. The third-order valence-electron chi connectivity index (χ3n) is 2.95. The van der Waals surface area contributed by atoms with E-state index in [0.29, 0.717) is 5.69 Å². The molecular weight excluding hydrogens is 221 g/mol. The van der Waals surface area contributed by atoms with Gasteiger partial charge in [-0.05, 0) is 24.7 Å². The van der Waals surface area contributed by atoms with Gasteiger partial charge in [-0.15, -0.1) is 0 Å². The molecule has 1 heterocycles. The molecule has 0 unspecified atom stereocenters. The van der Waals surface area contributed by atoms with Crippen LogP contribution < -0.4 is 4.90 Å². The number of anilines is 1. The minimum absolute atomic E-state index is 0.0968. The third kappa shape index (κ3) is 2.49. The van der Waals surface area contributed by atoms with E-state index in [9.17, 15) is 4.39 Å². The average Bonchev–Trinajstić information content (AvgIpc) is 2.33. The first-order valence-corrected chi connectivity index (χ1v) is 5.49. The van der Waals surface area contributed by atoms with Crippen LogP contribution in [0.15, 0.2) is 23.3 Å². The van der Waals surface area contributed by atoms with Crippen LogP contribution in [0.5, 0.6) is 0 Å². The second-order valence-electron chi connectivity index (χ2n) is 4.09. The normalized spacial score (nSPS) is 16.7. The van der Waals surface area contributed by atoms with Crippen molar-refractivity contribution >= 4 is 11.4 Å². The molecule has 90 valence electrons. The van der Waals surface area contributed by atoms with Crippen molar-refractivity contribution in [1.29, 1.82) is 0 Å². The lowest BCUT2D eigenvalue weighted by Gasteiger charge is -2.34. The highest BCUT2D eigenvalue weighted by molar-refractivity contribution is 5.67. The van der Waals surface area contributed by atoms with Crippen LogP contribution in [0.3, 0.4) is 0 Å². The van der Waals surface area contributed by atoms with Crippen molar-refractivity contribution in [3.8, 4) is 0 Å². The molecule has 1 aliphatic heterocycles. The van der Waals surface area contributed by atoms with Gasteiger partial charge >= 0.3 is 0 Å². The number of azide groups is 1. The van der Waals surface area contributed by atoms with E-state index in [4.69, 9.17) is 5.53 Å². The Morgan fingerprint density at radius 2 is 2.00 bits per heavy atom. The molecular formula is C11H14FN5. The Balaban J connectivity index is 2.31. The first-order valence-electron chi connectivity index (χ1n) is 5.49. The molecule has 0 radical (unpaired) electrons. The van der Waals surface area contributed by atoms with Crippen LogP contribution in [-0.4, -0.2) is 38.1 Å². The first-order chi connectivity index (χ1) is 8.22. The van der Waals surface area contributed by atoms with Gasteiger partial charge in [-0.3, -0.25) is 0 Å². The highest BCUT2D eigenvalue weighted by Crippen LogP contribution is 2.32. The van der Waals surface area contributed by atoms with Gasteiger partial charge in [0.05, 0.1) is 5.69 Å². The van der Waals surface area contributed by atoms with Gasteiger partial charge in [0.1, 0.15) is 5.82 Å². The van der Waals surface area contributed by atoms with Gasteiger partial charge in [0.2, 0.25) is 0 Å². The van der Waals surface area contributed by atoms with Gasteiger partial charge in [-0.25, -0.2) is 4.39 Å². The summed E-state index contributed by atoms with van der Waals surface area (Å²) in [5, 5.41) is 3.45. The molecule has 0 aliphatic carbocycles. The zero-order chi connectivity index (χ0) is 12.3. The first kappa shape index (κ1) is 11.7. The monoisotopic (exact) mass is 235 g/mol. The molecule has 0 bridgehead atoms. The summed E-state index contributed by atoms with van der Waals surface area (Å²) in [4.78, 5) is 6.95. The number of nitrogens with zero attached hydrogens (tertiary/aromatic N) is 5. The van der Waals surface area contributed by atoms with Crippen LogP contribution in [0, 0.1) is 5.82 Å². The lowest BCUT2D eigenvalue weighted by molar-refractivity contribution is 0.313. The Morgan fingerprint density at radius 3 is 2.65 bits per heavy atom. The fraction of sp³-hybridized carbons (Fsp3) is 0.455. The van der Waals surface area contributed by atoms with Crippen molar-refractivity contribution in [2.75, 3.05) is 38.1 Å². The molecule has 1 aliphatic rings. The molecule has 6 heteroatoms. The molecule has 0 saturated carbocycles. The molecule has 1 aromatic rings. The van der Waals surface area contributed by atoms with Crippen LogP contribution in [0.2, 0.25) is 0 Å². The molecule has 1 aromatic carbocycles. The minimum Gasteiger partial charge on any atom is -0.369 e. The van der Waals surface area contributed by atoms with Gasteiger partial charge < -0.3 is 9.80 Å². The zero-order valence-corrected chi connectivity index (χ0v) is 9.67. The molecule has 1 saturated heterocycles. The van der Waals surface area contributed by atoms with Crippen LogP contribution in [0.25, 0.3) is 10.4 Å². The number of hydrogen-bond donors (Lipinski definition) is 0. The van der Waals surface area contributed by atoms with Gasteiger partial charge in [0.25, 0.3) is 0 Å². The van der Waals surface area contributed by atoms with E-state index in [1.54, 1.807) is 12.1 Å². The Kier molecular flexibility index (Phi) is 3.46. The standard InChI is InChI=1S/C11H14FN5/c1-16-5-7-17(8-6-16)10-4-2-3-9(12)11(10)14-15-13/h2-4H,5-8H2,1H3. The molecule has 0 N–H and O–H groups in total. The van der Waals surface area contributed by atoms with Crippen molar-refractivity contribution < 1.29 is 4.39 Å². The Hall–Kier alpha value is -1.78. The largest absolute Gasteiger partial charge is 0.369 e. The van der Waals surface area contributed by atoms with E-state index in [-0.39, 0.29) is 5.69 Å². The smallest absolute Gasteiger partial charge is 0.134 e. The number of piperazine rings is 1. The predicted molar refractivity (Wildman–Crippen MR) is 64.9 cm³/mol. The maximum absolute atomic E-state index is 13.6.